The quantitative estimate of drug-likeness (QED) is 0.178. The van der Waals surface area contributed by atoms with Gasteiger partial charge in [0.2, 0.25) is 0 Å². The highest BCUT2D eigenvalue weighted by Gasteiger charge is 2.18. The van der Waals surface area contributed by atoms with Gasteiger partial charge < -0.3 is 4.57 Å². The van der Waals surface area contributed by atoms with Crippen LogP contribution in [0, 0.1) is 11.3 Å². The molecule has 0 aliphatic rings. The molecular weight excluding hydrogens is 581 g/mol. The fourth-order valence-corrected chi connectivity index (χ4v) is 7.63. The Bertz CT molecular complexity index is 2600. The summed E-state index contributed by atoms with van der Waals surface area (Å²) in [6.07, 6.45) is 0.758. The molecule has 0 saturated carbocycles. The molecule has 1 heterocycles. The SMILES string of the molecule is N#Cc1cc(-c2ccccc2Cc2c3ccccc3c(-c3ccccc3)c3ccccc23)cc(-n2c3ccccc3c3ccccc32)c1. The molecule has 9 rings (SSSR count). The number of aromatic nitrogens is 1. The van der Waals surface area contributed by atoms with Crippen molar-refractivity contribution in [1.29, 1.82) is 5.26 Å². The van der Waals surface area contributed by atoms with Crippen LogP contribution >= 0.6 is 0 Å². The first-order valence-corrected chi connectivity index (χ1v) is 16.4. The summed E-state index contributed by atoms with van der Waals surface area (Å²) in [5, 5.41) is 17.7. The van der Waals surface area contributed by atoms with E-state index in [1.54, 1.807) is 0 Å². The Balaban J connectivity index is 1.25. The lowest BCUT2D eigenvalue weighted by molar-refractivity contribution is 1.17. The molecule has 1 aromatic heterocycles. The van der Waals surface area contributed by atoms with Gasteiger partial charge >= 0.3 is 0 Å². The zero-order valence-electron chi connectivity index (χ0n) is 26.3. The van der Waals surface area contributed by atoms with Gasteiger partial charge in [-0.1, -0.05) is 140 Å². The Morgan fingerprint density at radius 1 is 0.458 bits per heavy atom. The number of para-hydroxylation sites is 2. The van der Waals surface area contributed by atoms with E-state index >= 15 is 0 Å². The van der Waals surface area contributed by atoms with E-state index in [0.29, 0.717) is 5.56 Å². The van der Waals surface area contributed by atoms with Crippen LogP contribution in [0.25, 0.3) is 71.3 Å². The highest BCUT2D eigenvalue weighted by Crippen LogP contribution is 2.41. The summed E-state index contributed by atoms with van der Waals surface area (Å²) < 4.78 is 2.29. The molecule has 0 fully saturated rings. The van der Waals surface area contributed by atoms with E-state index in [0.717, 1.165) is 34.3 Å². The normalized spacial score (nSPS) is 11.4. The predicted molar refractivity (Wildman–Crippen MR) is 201 cm³/mol. The van der Waals surface area contributed by atoms with Crippen LogP contribution in [-0.2, 0) is 6.42 Å². The van der Waals surface area contributed by atoms with Crippen molar-refractivity contribution < 1.29 is 0 Å². The number of fused-ring (bicyclic) bond motifs is 5. The van der Waals surface area contributed by atoms with E-state index in [1.807, 2.05) is 12.1 Å². The third kappa shape index (κ3) is 4.48. The highest BCUT2D eigenvalue weighted by atomic mass is 15.0. The van der Waals surface area contributed by atoms with Gasteiger partial charge in [-0.2, -0.15) is 5.26 Å². The van der Waals surface area contributed by atoms with Crippen molar-refractivity contribution in [3.63, 3.8) is 0 Å². The molecule has 0 amide bonds. The molecule has 0 aliphatic heterocycles. The largest absolute Gasteiger partial charge is 0.309 e. The summed E-state index contributed by atoms with van der Waals surface area (Å²) >= 11 is 0. The lowest BCUT2D eigenvalue weighted by atomic mass is 9.85. The first-order valence-electron chi connectivity index (χ1n) is 16.4. The van der Waals surface area contributed by atoms with E-state index < -0.39 is 0 Å². The summed E-state index contributed by atoms with van der Waals surface area (Å²) in [5.41, 5.74) is 11.1. The van der Waals surface area contributed by atoms with Crippen molar-refractivity contribution in [2.24, 2.45) is 0 Å². The zero-order valence-corrected chi connectivity index (χ0v) is 26.3. The summed E-state index contributed by atoms with van der Waals surface area (Å²) in [6, 6.07) is 62.8. The molecule has 0 atom stereocenters. The number of nitrogens with zero attached hydrogens (tertiary/aromatic N) is 2. The molecule has 0 spiro atoms. The second kappa shape index (κ2) is 11.4. The fraction of sp³-hybridized carbons (Fsp3) is 0.0217. The van der Waals surface area contributed by atoms with Crippen LogP contribution in [-0.4, -0.2) is 4.57 Å². The van der Waals surface area contributed by atoms with E-state index in [1.165, 1.54) is 54.6 Å². The van der Waals surface area contributed by atoms with Crippen LogP contribution in [0.3, 0.4) is 0 Å². The number of hydrogen-bond acceptors (Lipinski definition) is 1. The number of rotatable bonds is 5. The van der Waals surface area contributed by atoms with Gasteiger partial charge in [-0.15, -0.1) is 0 Å². The van der Waals surface area contributed by atoms with Gasteiger partial charge in [0.15, 0.2) is 0 Å². The topological polar surface area (TPSA) is 28.7 Å². The molecular formula is C46H30N2. The molecule has 0 aliphatic carbocycles. The maximum Gasteiger partial charge on any atom is 0.0992 e. The van der Waals surface area contributed by atoms with Gasteiger partial charge in [-0.05, 0) is 91.7 Å². The van der Waals surface area contributed by atoms with Gasteiger partial charge in [0.1, 0.15) is 0 Å². The molecule has 0 N–H and O–H groups in total. The summed E-state index contributed by atoms with van der Waals surface area (Å²) in [6.45, 7) is 0. The zero-order chi connectivity index (χ0) is 32.0. The minimum Gasteiger partial charge on any atom is -0.309 e. The molecule has 8 aromatic carbocycles. The Morgan fingerprint density at radius 3 is 1.60 bits per heavy atom. The molecule has 9 aromatic rings. The van der Waals surface area contributed by atoms with Crippen LogP contribution in [0.4, 0.5) is 0 Å². The standard InChI is InChI=1S/C46H30N2/c47-30-31-26-34(28-35(27-31)48-44-24-12-10-20-39(44)40-21-11-13-25-45(40)48)36-17-5-4-16-33(36)29-43-37-18-6-8-22-41(37)46(32-14-2-1-3-15-32)42-23-9-7-19-38(42)43/h1-28H,29H2. The molecule has 0 saturated heterocycles. The first-order chi connectivity index (χ1) is 23.8. The fourth-order valence-electron chi connectivity index (χ4n) is 7.63. The number of hydrogen-bond donors (Lipinski definition) is 0. The Labute approximate surface area is 279 Å². The molecule has 0 unspecified atom stereocenters. The van der Waals surface area contributed by atoms with Crippen molar-refractivity contribution in [2.75, 3.05) is 0 Å². The van der Waals surface area contributed by atoms with Gasteiger partial charge in [0.05, 0.1) is 22.7 Å². The predicted octanol–water partition coefficient (Wildman–Crippen LogP) is 11.9. The maximum atomic E-state index is 10.3. The third-order valence-electron chi connectivity index (χ3n) is 9.69. The van der Waals surface area contributed by atoms with E-state index in [9.17, 15) is 5.26 Å². The lowest BCUT2D eigenvalue weighted by Crippen LogP contribution is -1.99. The third-order valence-corrected chi connectivity index (χ3v) is 9.69. The number of benzene rings is 8. The average Bonchev–Trinajstić information content (AvgIpc) is 3.49. The summed E-state index contributed by atoms with van der Waals surface area (Å²) in [5.74, 6) is 0. The Morgan fingerprint density at radius 2 is 0.979 bits per heavy atom. The second-order valence-corrected chi connectivity index (χ2v) is 12.4. The van der Waals surface area contributed by atoms with Crippen molar-refractivity contribution in [2.45, 2.75) is 6.42 Å². The van der Waals surface area contributed by atoms with Crippen molar-refractivity contribution in [3.05, 3.63) is 187 Å². The minimum atomic E-state index is 0.641. The van der Waals surface area contributed by atoms with Crippen LogP contribution in [0.15, 0.2) is 170 Å². The van der Waals surface area contributed by atoms with Crippen LogP contribution in [0.1, 0.15) is 16.7 Å². The van der Waals surface area contributed by atoms with Crippen LogP contribution in [0.2, 0.25) is 0 Å². The van der Waals surface area contributed by atoms with Crippen LogP contribution in [0.5, 0.6) is 0 Å². The monoisotopic (exact) mass is 610 g/mol. The maximum absolute atomic E-state index is 10.3. The first kappa shape index (κ1) is 27.8. The Hall–Kier alpha value is -6.43. The van der Waals surface area contributed by atoms with Gasteiger partial charge in [-0.3, -0.25) is 0 Å². The van der Waals surface area contributed by atoms with Crippen LogP contribution < -0.4 is 0 Å². The summed E-state index contributed by atoms with van der Waals surface area (Å²) in [7, 11) is 0. The molecule has 2 heteroatoms. The smallest absolute Gasteiger partial charge is 0.0992 e. The van der Waals surface area contributed by atoms with E-state index in [2.05, 4.69) is 168 Å². The Kier molecular flexibility index (Phi) is 6.63. The second-order valence-electron chi connectivity index (χ2n) is 12.4. The van der Waals surface area contributed by atoms with Gasteiger partial charge in [0.25, 0.3) is 0 Å². The summed E-state index contributed by atoms with van der Waals surface area (Å²) in [4.78, 5) is 0. The molecule has 0 bridgehead atoms. The highest BCUT2D eigenvalue weighted by molar-refractivity contribution is 6.15. The van der Waals surface area contributed by atoms with E-state index in [4.69, 9.17) is 0 Å². The van der Waals surface area contributed by atoms with Gasteiger partial charge in [-0.25, -0.2) is 0 Å². The van der Waals surface area contributed by atoms with Crippen molar-refractivity contribution >= 4 is 43.4 Å². The number of nitriles is 1. The molecule has 48 heavy (non-hydrogen) atoms. The van der Waals surface area contributed by atoms with Crippen molar-refractivity contribution in [1.82, 2.24) is 4.57 Å². The lowest BCUT2D eigenvalue weighted by Gasteiger charge is -2.19. The average molecular weight is 611 g/mol. The van der Waals surface area contributed by atoms with Gasteiger partial charge in [0, 0.05) is 16.5 Å². The molecule has 0 radical (unpaired) electrons. The minimum absolute atomic E-state index is 0.641. The van der Waals surface area contributed by atoms with Crippen molar-refractivity contribution in [3.8, 4) is 34.0 Å². The molecule has 2 nitrogen and oxygen atoms in total. The van der Waals surface area contributed by atoms with E-state index in [-0.39, 0.29) is 0 Å². The molecule has 224 valence electrons.